The molecule has 0 aliphatic heterocycles. The summed E-state index contributed by atoms with van der Waals surface area (Å²) in [6.45, 7) is 0.368. The zero-order valence-corrected chi connectivity index (χ0v) is 8.50. The van der Waals surface area contributed by atoms with Gasteiger partial charge in [-0.2, -0.15) is 0 Å². The molecule has 0 aliphatic carbocycles. The zero-order chi connectivity index (χ0) is 11.4. The van der Waals surface area contributed by atoms with Gasteiger partial charge in [0.15, 0.2) is 11.4 Å². The molecule has 0 saturated carbocycles. The van der Waals surface area contributed by atoms with Gasteiger partial charge in [-0.3, -0.25) is 0 Å². The second-order valence-corrected chi connectivity index (χ2v) is 3.05. The average molecular weight is 221 g/mol. The third kappa shape index (κ3) is 2.22. The number of carbonyl (C=O) groups is 1. The minimum atomic E-state index is -0.803. The van der Waals surface area contributed by atoms with E-state index in [1.165, 1.54) is 0 Å². The van der Waals surface area contributed by atoms with Gasteiger partial charge in [-0.15, -0.1) is 0 Å². The van der Waals surface area contributed by atoms with Crippen LogP contribution in [0.4, 0.5) is 4.79 Å². The maximum absolute atomic E-state index is 10.3. The number of hydrogen-bond donors (Lipinski definition) is 1. The number of fused-ring (bicyclic) bond motifs is 1. The van der Waals surface area contributed by atoms with Gasteiger partial charge in [0.2, 0.25) is 0 Å². The van der Waals surface area contributed by atoms with Crippen LogP contribution in [0.3, 0.4) is 0 Å². The van der Waals surface area contributed by atoms with Gasteiger partial charge in [-0.05, 0) is 12.1 Å². The van der Waals surface area contributed by atoms with Crippen molar-refractivity contribution in [1.82, 2.24) is 9.38 Å². The molecule has 84 valence electrons. The van der Waals surface area contributed by atoms with E-state index < -0.39 is 6.09 Å². The fraction of sp³-hybridized carbons (Fsp3) is 0.200. The first kappa shape index (κ1) is 10.3. The Kier molecular flexibility index (Phi) is 2.90. The Bertz CT molecular complexity index is 495. The predicted molar refractivity (Wildman–Crippen MR) is 56.2 cm³/mol. The van der Waals surface area contributed by atoms with Crippen LogP contribution >= 0.6 is 0 Å². The van der Waals surface area contributed by atoms with Gasteiger partial charge in [0.05, 0.1) is 0 Å². The van der Waals surface area contributed by atoms with E-state index in [-0.39, 0.29) is 13.2 Å². The number of amides is 1. The Balaban J connectivity index is 1.98. The van der Waals surface area contributed by atoms with Crippen molar-refractivity contribution in [3.8, 4) is 5.75 Å². The molecule has 0 bridgehead atoms. The highest BCUT2D eigenvalue weighted by molar-refractivity contribution is 5.64. The molecular formula is C10H11N3O3. The summed E-state index contributed by atoms with van der Waals surface area (Å²) in [4.78, 5) is 14.4. The average Bonchev–Trinajstić information content (AvgIpc) is 2.72. The zero-order valence-electron chi connectivity index (χ0n) is 8.50. The first-order valence-corrected chi connectivity index (χ1v) is 4.74. The number of nitrogens with zero attached hydrogens (tertiary/aromatic N) is 2. The van der Waals surface area contributed by atoms with Gasteiger partial charge in [-0.25, -0.2) is 9.78 Å². The maximum atomic E-state index is 10.3. The second-order valence-electron chi connectivity index (χ2n) is 3.05. The maximum Gasteiger partial charge on any atom is 0.404 e. The van der Waals surface area contributed by atoms with E-state index in [9.17, 15) is 4.79 Å². The Morgan fingerprint density at radius 3 is 3.12 bits per heavy atom. The molecule has 6 nitrogen and oxygen atoms in total. The van der Waals surface area contributed by atoms with E-state index >= 15 is 0 Å². The minimum Gasteiger partial charge on any atom is -0.486 e. The highest BCUT2D eigenvalue weighted by Gasteiger charge is 2.02. The molecule has 0 atom stereocenters. The summed E-state index contributed by atoms with van der Waals surface area (Å²) >= 11 is 0. The molecule has 2 aromatic heterocycles. The molecule has 0 fully saturated rings. The number of carbonyl (C=O) groups excluding carboxylic acids is 1. The van der Waals surface area contributed by atoms with E-state index in [0.29, 0.717) is 5.75 Å². The van der Waals surface area contributed by atoms with Gasteiger partial charge in [0.25, 0.3) is 0 Å². The molecule has 0 radical (unpaired) electrons. The monoisotopic (exact) mass is 221 g/mol. The minimum absolute atomic E-state index is 0.122. The standard InChI is InChI=1S/C10H11N3O3/c11-10(14)16-7-6-15-8-2-1-4-13-5-3-12-9(8)13/h1-5H,6-7H2,(H2,11,14). The van der Waals surface area contributed by atoms with Crippen LogP contribution in [0.15, 0.2) is 30.7 Å². The number of primary amides is 1. The van der Waals surface area contributed by atoms with Crippen LogP contribution in [0.2, 0.25) is 0 Å². The van der Waals surface area contributed by atoms with Gasteiger partial charge >= 0.3 is 6.09 Å². The highest BCUT2D eigenvalue weighted by atomic mass is 16.6. The molecule has 0 saturated heterocycles. The van der Waals surface area contributed by atoms with E-state index in [1.807, 2.05) is 22.9 Å². The lowest BCUT2D eigenvalue weighted by Crippen LogP contribution is -2.17. The predicted octanol–water partition coefficient (Wildman–Crippen LogP) is 0.808. The molecule has 2 heterocycles. The Morgan fingerprint density at radius 1 is 1.44 bits per heavy atom. The van der Waals surface area contributed by atoms with Crippen LogP contribution < -0.4 is 10.5 Å². The normalized spacial score (nSPS) is 10.2. The van der Waals surface area contributed by atoms with E-state index in [1.54, 1.807) is 12.3 Å². The lowest BCUT2D eigenvalue weighted by molar-refractivity contribution is 0.134. The van der Waals surface area contributed by atoms with Crippen molar-refractivity contribution in [3.63, 3.8) is 0 Å². The number of imidazole rings is 1. The molecule has 2 rings (SSSR count). The van der Waals surface area contributed by atoms with Crippen LogP contribution in [0.25, 0.3) is 5.65 Å². The number of pyridine rings is 1. The quantitative estimate of drug-likeness (QED) is 0.775. The molecule has 2 aromatic rings. The van der Waals surface area contributed by atoms with Crippen molar-refractivity contribution < 1.29 is 14.3 Å². The van der Waals surface area contributed by atoms with Gasteiger partial charge in [0, 0.05) is 18.6 Å². The Morgan fingerprint density at radius 2 is 2.31 bits per heavy atom. The molecule has 6 heteroatoms. The number of nitrogens with two attached hydrogens (primary N) is 1. The van der Waals surface area contributed by atoms with E-state index in [2.05, 4.69) is 9.72 Å². The van der Waals surface area contributed by atoms with Crippen molar-refractivity contribution in [2.45, 2.75) is 0 Å². The summed E-state index contributed by atoms with van der Waals surface area (Å²) in [7, 11) is 0. The molecule has 0 aromatic carbocycles. The molecule has 0 spiro atoms. The molecule has 16 heavy (non-hydrogen) atoms. The second kappa shape index (κ2) is 4.52. The van der Waals surface area contributed by atoms with Crippen molar-refractivity contribution in [2.24, 2.45) is 5.73 Å². The van der Waals surface area contributed by atoms with Crippen LogP contribution in [0, 0.1) is 0 Å². The third-order valence-corrected chi connectivity index (χ3v) is 1.97. The highest BCUT2D eigenvalue weighted by Crippen LogP contribution is 2.16. The van der Waals surface area contributed by atoms with Crippen molar-refractivity contribution >= 4 is 11.7 Å². The Labute approximate surface area is 91.6 Å². The number of rotatable bonds is 4. The smallest absolute Gasteiger partial charge is 0.404 e. The van der Waals surface area contributed by atoms with E-state index in [4.69, 9.17) is 10.5 Å². The van der Waals surface area contributed by atoms with Crippen molar-refractivity contribution in [1.29, 1.82) is 0 Å². The summed E-state index contributed by atoms with van der Waals surface area (Å²) in [6.07, 6.45) is 4.57. The lowest BCUT2D eigenvalue weighted by atomic mass is 10.4. The fourth-order valence-corrected chi connectivity index (χ4v) is 1.33. The first-order valence-electron chi connectivity index (χ1n) is 4.74. The first-order chi connectivity index (χ1) is 7.77. The molecule has 0 unspecified atom stereocenters. The summed E-state index contributed by atoms with van der Waals surface area (Å²) in [6, 6.07) is 3.64. The SMILES string of the molecule is NC(=O)OCCOc1cccn2ccnc12. The van der Waals surface area contributed by atoms with Crippen LogP contribution in [-0.2, 0) is 4.74 Å². The molecular weight excluding hydrogens is 210 g/mol. The summed E-state index contributed by atoms with van der Waals surface area (Å²) < 4.78 is 11.8. The number of aromatic nitrogens is 2. The van der Waals surface area contributed by atoms with Crippen LogP contribution in [0.5, 0.6) is 5.75 Å². The largest absolute Gasteiger partial charge is 0.486 e. The van der Waals surface area contributed by atoms with E-state index in [0.717, 1.165) is 5.65 Å². The topological polar surface area (TPSA) is 78.9 Å². The molecule has 1 amide bonds. The van der Waals surface area contributed by atoms with Gasteiger partial charge < -0.3 is 19.6 Å². The lowest BCUT2D eigenvalue weighted by Gasteiger charge is -2.06. The summed E-state index contributed by atoms with van der Waals surface area (Å²) in [5, 5.41) is 0. The third-order valence-electron chi connectivity index (χ3n) is 1.97. The van der Waals surface area contributed by atoms with Crippen molar-refractivity contribution in [2.75, 3.05) is 13.2 Å². The fourth-order valence-electron chi connectivity index (χ4n) is 1.33. The summed E-state index contributed by atoms with van der Waals surface area (Å²) in [5.74, 6) is 0.639. The number of ether oxygens (including phenoxy) is 2. The summed E-state index contributed by atoms with van der Waals surface area (Å²) in [5.41, 5.74) is 5.54. The van der Waals surface area contributed by atoms with Gasteiger partial charge in [0.1, 0.15) is 13.2 Å². The Hall–Kier alpha value is -2.24. The van der Waals surface area contributed by atoms with Crippen LogP contribution in [0.1, 0.15) is 0 Å². The molecule has 0 aliphatic rings. The van der Waals surface area contributed by atoms with Gasteiger partial charge in [-0.1, -0.05) is 0 Å². The molecule has 2 N–H and O–H groups in total. The van der Waals surface area contributed by atoms with Crippen molar-refractivity contribution in [3.05, 3.63) is 30.7 Å². The van der Waals surface area contributed by atoms with Crippen LogP contribution in [-0.4, -0.2) is 28.7 Å². The number of hydrogen-bond acceptors (Lipinski definition) is 4.